The van der Waals surface area contributed by atoms with E-state index < -0.39 is 11.9 Å². The second-order valence-corrected chi connectivity index (χ2v) is 5.17. The number of benzene rings is 1. The van der Waals surface area contributed by atoms with Crippen molar-refractivity contribution in [1.29, 1.82) is 0 Å². The number of carbonyl (C=O) groups excluding carboxylic acids is 1. The number of carbonyl (C=O) groups is 2. The number of nitrogens with two attached hydrogens (primary N) is 1. The number of amides is 1. The Morgan fingerprint density at radius 1 is 1.20 bits per heavy atom. The van der Waals surface area contributed by atoms with Gasteiger partial charge in [0.2, 0.25) is 0 Å². The van der Waals surface area contributed by atoms with E-state index in [0.717, 1.165) is 0 Å². The summed E-state index contributed by atoms with van der Waals surface area (Å²) < 4.78 is 0. The van der Waals surface area contributed by atoms with Crippen LogP contribution in [0.3, 0.4) is 0 Å². The van der Waals surface area contributed by atoms with Crippen LogP contribution in [0.25, 0.3) is 0 Å². The Morgan fingerprint density at radius 3 is 2.50 bits per heavy atom. The van der Waals surface area contributed by atoms with Crippen LogP contribution in [0.15, 0.2) is 40.3 Å². The molecule has 0 unspecified atom stereocenters. The van der Waals surface area contributed by atoms with Crippen molar-refractivity contribution in [2.75, 3.05) is 0 Å². The largest absolute Gasteiger partial charge is 0.478 e. The molecular formula is C12H8ClN3O3S. The third-order valence-electron chi connectivity index (χ3n) is 2.28. The maximum absolute atomic E-state index is 11.0. The summed E-state index contributed by atoms with van der Waals surface area (Å²) in [5.74, 6) is -1.76. The maximum Gasteiger partial charge on any atom is 0.337 e. The van der Waals surface area contributed by atoms with E-state index >= 15 is 0 Å². The van der Waals surface area contributed by atoms with Gasteiger partial charge >= 0.3 is 5.97 Å². The van der Waals surface area contributed by atoms with Gasteiger partial charge in [0.25, 0.3) is 5.91 Å². The summed E-state index contributed by atoms with van der Waals surface area (Å²) in [6, 6.07) is 7.64. The molecule has 6 nitrogen and oxygen atoms in total. The highest BCUT2D eigenvalue weighted by atomic mass is 35.5. The topological polar surface area (TPSA) is 106 Å². The second-order valence-electron chi connectivity index (χ2n) is 3.67. The first-order valence-corrected chi connectivity index (χ1v) is 6.51. The summed E-state index contributed by atoms with van der Waals surface area (Å²) in [5.41, 5.74) is 5.14. The van der Waals surface area contributed by atoms with E-state index in [1.807, 2.05) is 0 Å². The highest BCUT2D eigenvalue weighted by Crippen LogP contribution is 2.29. The van der Waals surface area contributed by atoms with Gasteiger partial charge in [0.05, 0.1) is 10.6 Å². The van der Waals surface area contributed by atoms with Crippen LogP contribution in [0.4, 0.5) is 0 Å². The first-order chi connectivity index (χ1) is 9.47. The summed E-state index contributed by atoms with van der Waals surface area (Å²) >= 11 is 6.98. The van der Waals surface area contributed by atoms with E-state index in [1.165, 1.54) is 30.0 Å². The zero-order valence-corrected chi connectivity index (χ0v) is 11.5. The number of hydrogen-bond donors (Lipinski definition) is 2. The minimum absolute atomic E-state index is 0.0124. The molecule has 0 aliphatic heterocycles. The zero-order valence-electron chi connectivity index (χ0n) is 9.91. The van der Waals surface area contributed by atoms with Gasteiger partial charge in [-0.25, -0.2) is 4.79 Å². The normalized spacial score (nSPS) is 10.2. The summed E-state index contributed by atoms with van der Waals surface area (Å²) in [7, 11) is 0. The zero-order chi connectivity index (χ0) is 14.7. The molecule has 2 rings (SSSR count). The minimum atomic E-state index is -1.10. The van der Waals surface area contributed by atoms with Crippen LogP contribution in [0, 0.1) is 0 Å². The third-order valence-corrected chi connectivity index (χ3v) is 3.53. The van der Waals surface area contributed by atoms with Gasteiger partial charge in [-0.1, -0.05) is 23.4 Å². The van der Waals surface area contributed by atoms with Gasteiger partial charge in [-0.3, -0.25) is 4.79 Å². The summed E-state index contributed by atoms with van der Waals surface area (Å²) in [5, 5.41) is 17.1. The van der Waals surface area contributed by atoms with Crippen LogP contribution < -0.4 is 5.73 Å². The molecule has 0 aliphatic carbocycles. The molecule has 0 saturated heterocycles. The Kier molecular flexibility index (Phi) is 4.21. The molecule has 1 aromatic heterocycles. The molecule has 8 heteroatoms. The fourth-order valence-corrected chi connectivity index (χ4v) is 2.33. The van der Waals surface area contributed by atoms with Gasteiger partial charge in [0, 0.05) is 4.90 Å². The van der Waals surface area contributed by atoms with Crippen molar-refractivity contribution in [1.82, 2.24) is 10.2 Å². The lowest BCUT2D eigenvalue weighted by Gasteiger charge is -2.03. The molecule has 1 heterocycles. The number of aromatic carboxylic acids is 1. The van der Waals surface area contributed by atoms with E-state index in [2.05, 4.69) is 10.2 Å². The van der Waals surface area contributed by atoms with Crippen molar-refractivity contribution in [2.45, 2.75) is 9.92 Å². The number of halogens is 1. The van der Waals surface area contributed by atoms with Crippen LogP contribution in [0.5, 0.6) is 0 Å². The van der Waals surface area contributed by atoms with Crippen LogP contribution in [-0.2, 0) is 0 Å². The van der Waals surface area contributed by atoms with E-state index in [4.69, 9.17) is 22.4 Å². The molecule has 1 amide bonds. The quantitative estimate of drug-likeness (QED) is 0.895. The molecule has 0 aliphatic rings. The molecule has 0 atom stereocenters. The summed E-state index contributed by atoms with van der Waals surface area (Å²) in [6.45, 7) is 0. The van der Waals surface area contributed by atoms with Crippen molar-refractivity contribution < 1.29 is 14.7 Å². The number of hydrogen-bond acceptors (Lipinski definition) is 5. The summed E-state index contributed by atoms with van der Waals surface area (Å²) in [6.07, 6.45) is 0. The molecule has 0 spiro atoms. The molecule has 20 heavy (non-hydrogen) atoms. The Labute approximate surface area is 123 Å². The SMILES string of the molecule is NC(=O)c1ccc(Sc2ccc(Cl)c(C(=O)O)c2)nn1. The van der Waals surface area contributed by atoms with Gasteiger partial charge in [-0.2, -0.15) is 0 Å². The standard InChI is InChI=1S/C12H8ClN3O3S/c13-8-2-1-6(5-7(8)12(18)19)20-10-4-3-9(11(14)17)15-16-10/h1-5H,(H2,14,17)(H,18,19). The minimum Gasteiger partial charge on any atom is -0.478 e. The first kappa shape index (κ1) is 14.3. The van der Waals surface area contributed by atoms with Crippen LogP contribution in [0.1, 0.15) is 20.8 Å². The van der Waals surface area contributed by atoms with E-state index in [0.29, 0.717) is 9.92 Å². The fraction of sp³-hybridized carbons (Fsp3) is 0. The monoisotopic (exact) mass is 309 g/mol. The van der Waals surface area contributed by atoms with Gasteiger partial charge in [0.1, 0.15) is 5.03 Å². The number of carboxylic acid groups (broad SMARTS) is 1. The number of aromatic nitrogens is 2. The van der Waals surface area contributed by atoms with Gasteiger partial charge in [0.15, 0.2) is 5.69 Å². The second kappa shape index (κ2) is 5.89. The van der Waals surface area contributed by atoms with Crippen molar-refractivity contribution in [3.8, 4) is 0 Å². The smallest absolute Gasteiger partial charge is 0.337 e. The number of rotatable bonds is 4. The van der Waals surface area contributed by atoms with E-state index in [-0.39, 0.29) is 16.3 Å². The van der Waals surface area contributed by atoms with Gasteiger partial charge in [-0.15, -0.1) is 10.2 Å². The van der Waals surface area contributed by atoms with Crippen LogP contribution >= 0.6 is 23.4 Å². The Morgan fingerprint density at radius 2 is 1.95 bits per heavy atom. The van der Waals surface area contributed by atoms with Crippen molar-refractivity contribution >= 4 is 35.2 Å². The highest BCUT2D eigenvalue weighted by molar-refractivity contribution is 7.99. The number of carboxylic acids is 1. The molecule has 0 saturated carbocycles. The molecule has 102 valence electrons. The maximum atomic E-state index is 11.0. The van der Waals surface area contributed by atoms with Crippen molar-refractivity contribution in [3.63, 3.8) is 0 Å². The molecule has 2 aromatic rings. The fourth-order valence-electron chi connectivity index (χ4n) is 1.36. The lowest BCUT2D eigenvalue weighted by molar-refractivity contribution is 0.0696. The number of nitrogens with zero attached hydrogens (tertiary/aromatic N) is 2. The van der Waals surface area contributed by atoms with Crippen LogP contribution in [-0.4, -0.2) is 27.2 Å². The Hall–Kier alpha value is -2.12. The van der Waals surface area contributed by atoms with Crippen molar-refractivity contribution in [3.05, 3.63) is 46.6 Å². The van der Waals surface area contributed by atoms with E-state index in [1.54, 1.807) is 12.1 Å². The Balaban J connectivity index is 2.23. The third kappa shape index (κ3) is 3.25. The van der Waals surface area contributed by atoms with Crippen molar-refractivity contribution in [2.24, 2.45) is 5.73 Å². The first-order valence-electron chi connectivity index (χ1n) is 5.31. The molecule has 3 N–H and O–H groups in total. The lowest BCUT2D eigenvalue weighted by Crippen LogP contribution is -2.13. The molecule has 0 fully saturated rings. The average molecular weight is 310 g/mol. The Bertz CT molecular complexity index is 676. The molecular weight excluding hydrogens is 302 g/mol. The predicted molar refractivity (Wildman–Crippen MR) is 73.1 cm³/mol. The summed E-state index contributed by atoms with van der Waals surface area (Å²) in [4.78, 5) is 22.5. The van der Waals surface area contributed by atoms with Gasteiger partial charge < -0.3 is 10.8 Å². The van der Waals surface area contributed by atoms with Gasteiger partial charge in [-0.05, 0) is 30.3 Å². The lowest BCUT2D eigenvalue weighted by atomic mass is 10.2. The molecule has 0 radical (unpaired) electrons. The van der Waals surface area contributed by atoms with E-state index in [9.17, 15) is 9.59 Å². The molecule has 1 aromatic carbocycles. The highest BCUT2D eigenvalue weighted by Gasteiger charge is 2.11. The average Bonchev–Trinajstić information content (AvgIpc) is 2.41. The number of primary amides is 1. The van der Waals surface area contributed by atoms with Crippen LogP contribution in [0.2, 0.25) is 5.02 Å². The molecule has 0 bridgehead atoms. The predicted octanol–water partition coefficient (Wildman–Crippen LogP) is 2.08.